The number of carbonyl (C=O) groups excluding carboxylic acids is 1. The number of piperidine rings is 1. The Morgan fingerprint density at radius 3 is 2.80 bits per heavy atom. The number of aryl methyl sites for hydroxylation is 1. The van der Waals surface area contributed by atoms with E-state index in [4.69, 9.17) is 20.8 Å². The number of fused-ring (bicyclic) bond motifs is 1. The van der Waals surface area contributed by atoms with Gasteiger partial charge in [0.1, 0.15) is 5.58 Å². The quantitative estimate of drug-likeness (QED) is 0.824. The van der Waals surface area contributed by atoms with E-state index in [-0.39, 0.29) is 23.7 Å². The number of amides is 1. The molecule has 2 heterocycles. The molecule has 3 rings (SSSR count). The van der Waals surface area contributed by atoms with Crippen LogP contribution in [0.2, 0.25) is 5.02 Å². The highest BCUT2D eigenvalue weighted by molar-refractivity contribution is 6.31. The van der Waals surface area contributed by atoms with Crippen molar-refractivity contribution >= 4 is 40.9 Å². The van der Waals surface area contributed by atoms with Crippen molar-refractivity contribution in [2.75, 3.05) is 33.4 Å². The van der Waals surface area contributed by atoms with E-state index >= 15 is 0 Å². The Morgan fingerprint density at radius 2 is 2.12 bits per heavy atom. The van der Waals surface area contributed by atoms with E-state index in [1.54, 1.807) is 19.2 Å². The molecule has 0 radical (unpaired) electrons. The van der Waals surface area contributed by atoms with Crippen LogP contribution in [0.15, 0.2) is 22.6 Å². The van der Waals surface area contributed by atoms with E-state index in [0.717, 1.165) is 36.9 Å². The van der Waals surface area contributed by atoms with E-state index in [0.29, 0.717) is 29.5 Å². The van der Waals surface area contributed by atoms with Crippen molar-refractivity contribution < 1.29 is 13.9 Å². The summed E-state index contributed by atoms with van der Waals surface area (Å²) in [6.45, 7) is 5.00. The highest BCUT2D eigenvalue weighted by Gasteiger charge is 2.33. The van der Waals surface area contributed by atoms with Gasteiger partial charge in [0, 0.05) is 35.0 Å². The number of halogens is 2. The summed E-state index contributed by atoms with van der Waals surface area (Å²) in [5.74, 6) is 0.169. The monoisotopic (exact) mass is 386 g/mol. The molecule has 1 aromatic carbocycles. The minimum atomic E-state index is -0.186. The van der Waals surface area contributed by atoms with E-state index < -0.39 is 0 Å². The summed E-state index contributed by atoms with van der Waals surface area (Å²) in [6.07, 6.45) is 1.96. The minimum absolute atomic E-state index is 0. The zero-order valence-corrected chi connectivity index (χ0v) is 16.1. The molecule has 7 heteroatoms. The zero-order chi connectivity index (χ0) is 17.2. The maximum absolute atomic E-state index is 12.6. The molecule has 0 bridgehead atoms. The molecule has 0 unspecified atom stereocenters. The molecule has 1 fully saturated rings. The number of nitrogens with one attached hydrogen (secondary N) is 2. The molecule has 2 N–H and O–H groups in total. The Bertz CT molecular complexity index is 734. The summed E-state index contributed by atoms with van der Waals surface area (Å²) in [5.41, 5.74) is 1.48. The Labute approximate surface area is 158 Å². The van der Waals surface area contributed by atoms with Crippen LogP contribution in [0.25, 0.3) is 11.0 Å². The lowest BCUT2D eigenvalue weighted by molar-refractivity contribution is 0.0506. The van der Waals surface area contributed by atoms with Crippen molar-refractivity contribution in [1.29, 1.82) is 0 Å². The van der Waals surface area contributed by atoms with E-state index in [1.165, 1.54) is 0 Å². The normalized spacial score (nSPS) is 16.4. The van der Waals surface area contributed by atoms with E-state index in [9.17, 15) is 4.79 Å². The number of benzene rings is 1. The lowest BCUT2D eigenvalue weighted by Crippen LogP contribution is -2.47. The van der Waals surface area contributed by atoms with Gasteiger partial charge < -0.3 is 19.8 Å². The lowest BCUT2D eigenvalue weighted by atomic mass is 9.79. The third kappa shape index (κ3) is 4.29. The predicted octanol–water partition coefficient (Wildman–Crippen LogP) is 3.56. The second-order valence-corrected chi connectivity index (χ2v) is 7.00. The molecule has 1 amide bonds. The zero-order valence-electron chi connectivity index (χ0n) is 14.5. The third-order valence-electron chi connectivity index (χ3n) is 4.84. The van der Waals surface area contributed by atoms with Crippen LogP contribution in [-0.2, 0) is 4.74 Å². The molecule has 5 nitrogen and oxygen atoms in total. The fourth-order valence-corrected chi connectivity index (χ4v) is 3.57. The Hall–Kier alpha value is -1.27. The smallest absolute Gasteiger partial charge is 0.287 e. The van der Waals surface area contributed by atoms with Gasteiger partial charge in [0.15, 0.2) is 5.76 Å². The number of hydrogen-bond acceptors (Lipinski definition) is 4. The third-order valence-corrected chi connectivity index (χ3v) is 5.08. The number of hydrogen-bond donors (Lipinski definition) is 2. The van der Waals surface area contributed by atoms with Crippen molar-refractivity contribution in [3.63, 3.8) is 0 Å². The molecular formula is C18H24Cl2N2O3. The summed E-state index contributed by atoms with van der Waals surface area (Å²) in [4.78, 5) is 12.6. The van der Waals surface area contributed by atoms with Crippen molar-refractivity contribution in [2.45, 2.75) is 19.8 Å². The van der Waals surface area contributed by atoms with Crippen LogP contribution in [0.4, 0.5) is 0 Å². The van der Waals surface area contributed by atoms with Gasteiger partial charge in [-0.05, 0) is 51.1 Å². The highest BCUT2D eigenvalue weighted by Crippen LogP contribution is 2.30. The van der Waals surface area contributed by atoms with Crippen molar-refractivity contribution in [1.82, 2.24) is 10.6 Å². The number of furan rings is 1. The number of rotatable bonds is 5. The van der Waals surface area contributed by atoms with Gasteiger partial charge in [-0.3, -0.25) is 4.79 Å². The summed E-state index contributed by atoms with van der Waals surface area (Å²) >= 11 is 6.03. The van der Waals surface area contributed by atoms with Crippen LogP contribution >= 0.6 is 24.0 Å². The Morgan fingerprint density at radius 1 is 1.40 bits per heavy atom. The largest absolute Gasteiger partial charge is 0.451 e. The molecule has 0 saturated carbocycles. The van der Waals surface area contributed by atoms with Gasteiger partial charge >= 0.3 is 0 Å². The van der Waals surface area contributed by atoms with Gasteiger partial charge in [-0.1, -0.05) is 11.6 Å². The lowest BCUT2D eigenvalue weighted by Gasteiger charge is -2.37. The predicted molar refractivity (Wildman–Crippen MR) is 102 cm³/mol. The molecular weight excluding hydrogens is 363 g/mol. The van der Waals surface area contributed by atoms with Crippen LogP contribution in [0.1, 0.15) is 29.0 Å². The van der Waals surface area contributed by atoms with Crippen LogP contribution in [-0.4, -0.2) is 39.3 Å². The SMILES string of the molecule is COCC1(CNC(=O)c2oc3ccc(Cl)cc3c2C)CCNCC1.Cl. The van der Waals surface area contributed by atoms with Crippen molar-refractivity contribution in [2.24, 2.45) is 5.41 Å². The molecule has 1 aliphatic rings. The van der Waals surface area contributed by atoms with Gasteiger partial charge in [0.25, 0.3) is 5.91 Å². The van der Waals surface area contributed by atoms with Gasteiger partial charge in [-0.2, -0.15) is 0 Å². The maximum Gasteiger partial charge on any atom is 0.287 e. The minimum Gasteiger partial charge on any atom is -0.451 e. The van der Waals surface area contributed by atoms with Gasteiger partial charge in [0.05, 0.1) is 6.61 Å². The van der Waals surface area contributed by atoms with Crippen molar-refractivity contribution in [3.8, 4) is 0 Å². The molecule has 0 atom stereocenters. The first-order chi connectivity index (χ1) is 11.5. The molecule has 138 valence electrons. The second-order valence-electron chi connectivity index (χ2n) is 6.56. The van der Waals surface area contributed by atoms with Gasteiger partial charge in [-0.25, -0.2) is 0 Å². The number of methoxy groups -OCH3 is 1. The standard InChI is InChI=1S/C18H23ClN2O3.ClH/c1-12-14-9-13(19)3-4-15(14)24-16(12)17(22)21-10-18(11-23-2)5-7-20-8-6-18;/h3-4,9,20H,5-8,10-11H2,1-2H3,(H,21,22);1H. The summed E-state index contributed by atoms with van der Waals surface area (Å²) < 4.78 is 11.1. The van der Waals surface area contributed by atoms with E-state index in [2.05, 4.69) is 10.6 Å². The first-order valence-electron chi connectivity index (χ1n) is 8.21. The average molecular weight is 387 g/mol. The second kappa shape index (κ2) is 8.41. The van der Waals surface area contributed by atoms with Gasteiger partial charge in [0.2, 0.25) is 0 Å². The summed E-state index contributed by atoms with van der Waals surface area (Å²) in [5, 5.41) is 7.89. The summed E-state index contributed by atoms with van der Waals surface area (Å²) in [6, 6.07) is 5.38. The topological polar surface area (TPSA) is 63.5 Å². The van der Waals surface area contributed by atoms with Crippen LogP contribution < -0.4 is 10.6 Å². The number of carbonyl (C=O) groups is 1. The Kier molecular flexibility index (Phi) is 6.74. The fourth-order valence-electron chi connectivity index (χ4n) is 3.39. The maximum atomic E-state index is 12.6. The first-order valence-corrected chi connectivity index (χ1v) is 8.59. The molecule has 1 saturated heterocycles. The average Bonchev–Trinajstić information content (AvgIpc) is 2.91. The molecule has 2 aromatic rings. The first kappa shape index (κ1) is 20.0. The fraction of sp³-hybridized carbons (Fsp3) is 0.500. The molecule has 0 aliphatic carbocycles. The summed E-state index contributed by atoms with van der Waals surface area (Å²) in [7, 11) is 1.71. The number of ether oxygens (including phenoxy) is 1. The highest BCUT2D eigenvalue weighted by atomic mass is 35.5. The van der Waals surface area contributed by atoms with Crippen molar-refractivity contribution in [3.05, 3.63) is 34.5 Å². The van der Waals surface area contributed by atoms with E-state index in [1.807, 2.05) is 13.0 Å². The molecule has 1 aliphatic heterocycles. The van der Waals surface area contributed by atoms with Crippen LogP contribution in [0.5, 0.6) is 0 Å². The molecule has 1 aromatic heterocycles. The molecule has 25 heavy (non-hydrogen) atoms. The van der Waals surface area contributed by atoms with Crippen LogP contribution in [0, 0.1) is 12.3 Å². The molecule has 0 spiro atoms. The van der Waals surface area contributed by atoms with Crippen LogP contribution in [0.3, 0.4) is 0 Å². The van der Waals surface area contributed by atoms with Gasteiger partial charge in [-0.15, -0.1) is 12.4 Å². The Balaban J connectivity index is 0.00000225.